The van der Waals surface area contributed by atoms with E-state index < -0.39 is 11.9 Å². The Morgan fingerprint density at radius 3 is 2.34 bits per heavy atom. The zero-order valence-corrected chi connectivity index (χ0v) is 22.2. The maximum atomic E-state index is 12.6. The van der Waals surface area contributed by atoms with Gasteiger partial charge >= 0.3 is 5.97 Å². The number of nitriles is 1. The van der Waals surface area contributed by atoms with Gasteiger partial charge in [0.2, 0.25) is 5.88 Å². The predicted octanol–water partition coefficient (Wildman–Crippen LogP) is 7.12. The van der Waals surface area contributed by atoms with Gasteiger partial charge in [-0.15, -0.1) is 0 Å². The van der Waals surface area contributed by atoms with Crippen molar-refractivity contribution in [3.8, 4) is 23.3 Å². The lowest BCUT2D eigenvalue weighted by molar-refractivity contribution is 0.0734. The number of rotatable bonds is 6. The number of ether oxygens (including phenoxy) is 3. The molecule has 1 atom stereocenters. The summed E-state index contributed by atoms with van der Waals surface area (Å²) in [6.45, 7) is 0.397. The van der Waals surface area contributed by atoms with Crippen molar-refractivity contribution in [2.75, 3.05) is 0 Å². The number of benzene rings is 4. The van der Waals surface area contributed by atoms with Crippen LogP contribution in [0.4, 0.5) is 0 Å². The summed E-state index contributed by atoms with van der Waals surface area (Å²) in [5, 5.41) is 10.5. The Labute approximate surface area is 233 Å². The maximum absolute atomic E-state index is 12.6. The van der Waals surface area contributed by atoms with Crippen molar-refractivity contribution in [2.24, 2.45) is 5.73 Å². The second-order valence-corrected chi connectivity index (χ2v) is 9.86. The van der Waals surface area contributed by atoms with E-state index in [-0.39, 0.29) is 5.88 Å². The summed E-state index contributed by atoms with van der Waals surface area (Å²) in [5.74, 6) is 0.446. The molecule has 6 nitrogen and oxygen atoms in total. The van der Waals surface area contributed by atoms with Crippen LogP contribution in [0.5, 0.6) is 17.2 Å². The molecule has 2 N–H and O–H groups in total. The lowest BCUT2D eigenvalue weighted by atomic mass is 9.83. The topological polar surface area (TPSA) is 94.6 Å². The molecule has 0 fully saturated rings. The number of esters is 1. The highest BCUT2D eigenvalue weighted by Gasteiger charge is 2.31. The Balaban J connectivity index is 1.37. The lowest BCUT2D eigenvalue weighted by Gasteiger charge is -2.26. The van der Waals surface area contributed by atoms with Gasteiger partial charge in [0.1, 0.15) is 35.5 Å². The maximum Gasteiger partial charge on any atom is 0.343 e. The molecule has 0 saturated carbocycles. The van der Waals surface area contributed by atoms with Gasteiger partial charge in [-0.3, -0.25) is 0 Å². The first kappa shape index (κ1) is 25.4. The SMILES string of the molecule is N#CC1=C(N)Oc2cc(OC(=O)c3ccc(Br)cc3)ccc2C1c1ccc(OCc2ccc(Cl)cc2)cc1. The van der Waals surface area contributed by atoms with Crippen LogP contribution >= 0.6 is 27.5 Å². The molecule has 0 spiro atoms. The number of allylic oxidation sites excluding steroid dienone is 1. The first-order chi connectivity index (χ1) is 18.4. The van der Waals surface area contributed by atoms with E-state index in [0.29, 0.717) is 40.0 Å². The van der Waals surface area contributed by atoms with Gasteiger partial charge in [-0.25, -0.2) is 4.79 Å². The number of hydrogen-bond donors (Lipinski definition) is 1. The van der Waals surface area contributed by atoms with E-state index in [1.54, 1.807) is 42.5 Å². The van der Waals surface area contributed by atoms with Crippen LogP contribution in [-0.4, -0.2) is 5.97 Å². The van der Waals surface area contributed by atoms with Crippen molar-refractivity contribution in [3.05, 3.63) is 134 Å². The number of hydrogen-bond acceptors (Lipinski definition) is 6. The van der Waals surface area contributed by atoms with Gasteiger partial charge in [0, 0.05) is 21.1 Å². The summed E-state index contributed by atoms with van der Waals surface area (Å²) < 4.78 is 18.0. The van der Waals surface area contributed by atoms with Gasteiger partial charge in [-0.05, 0) is 65.7 Å². The van der Waals surface area contributed by atoms with Gasteiger partial charge in [0.05, 0.1) is 11.5 Å². The molecule has 1 heterocycles. The van der Waals surface area contributed by atoms with Crippen molar-refractivity contribution >= 4 is 33.5 Å². The van der Waals surface area contributed by atoms with Crippen molar-refractivity contribution in [3.63, 3.8) is 0 Å². The Morgan fingerprint density at radius 1 is 0.974 bits per heavy atom. The third-order valence-electron chi connectivity index (χ3n) is 6.01. The van der Waals surface area contributed by atoms with E-state index in [9.17, 15) is 10.1 Å². The molecule has 4 aromatic carbocycles. The molecule has 0 saturated heterocycles. The minimum atomic E-state index is -0.500. The van der Waals surface area contributed by atoms with Gasteiger partial charge in [0.25, 0.3) is 0 Å². The van der Waals surface area contributed by atoms with Crippen LogP contribution in [0.25, 0.3) is 0 Å². The molecule has 4 aromatic rings. The van der Waals surface area contributed by atoms with Gasteiger partial charge in [-0.1, -0.05) is 57.9 Å². The minimum Gasteiger partial charge on any atom is -0.489 e. The molecule has 0 aliphatic carbocycles. The normalized spacial score (nSPS) is 14.2. The highest BCUT2D eigenvalue weighted by atomic mass is 79.9. The number of carbonyl (C=O) groups excluding carboxylic acids is 1. The Morgan fingerprint density at radius 2 is 1.66 bits per heavy atom. The van der Waals surface area contributed by atoms with Crippen molar-refractivity contribution in [1.82, 2.24) is 0 Å². The fourth-order valence-electron chi connectivity index (χ4n) is 4.10. The summed E-state index contributed by atoms with van der Waals surface area (Å²) in [6, 6.07) is 29.0. The molecular formula is C30H20BrClN2O4. The van der Waals surface area contributed by atoms with Gasteiger partial charge in [-0.2, -0.15) is 5.26 Å². The first-order valence-electron chi connectivity index (χ1n) is 11.6. The molecule has 5 rings (SSSR count). The molecule has 0 bridgehead atoms. The molecule has 8 heteroatoms. The van der Waals surface area contributed by atoms with E-state index in [1.807, 2.05) is 48.5 Å². The van der Waals surface area contributed by atoms with Crippen LogP contribution in [0.2, 0.25) is 5.02 Å². The van der Waals surface area contributed by atoms with E-state index in [4.69, 9.17) is 31.5 Å². The predicted molar refractivity (Wildman–Crippen MR) is 147 cm³/mol. The summed E-state index contributed by atoms with van der Waals surface area (Å²) in [5.41, 5.74) is 9.41. The third-order valence-corrected chi connectivity index (χ3v) is 6.79. The van der Waals surface area contributed by atoms with Crippen LogP contribution in [0.3, 0.4) is 0 Å². The average Bonchev–Trinajstić information content (AvgIpc) is 2.92. The smallest absolute Gasteiger partial charge is 0.343 e. The lowest BCUT2D eigenvalue weighted by Crippen LogP contribution is -2.21. The molecule has 1 unspecified atom stereocenters. The average molecular weight is 588 g/mol. The number of halogens is 2. The number of fused-ring (bicyclic) bond motifs is 1. The zero-order valence-electron chi connectivity index (χ0n) is 19.9. The van der Waals surface area contributed by atoms with Crippen molar-refractivity contribution in [2.45, 2.75) is 12.5 Å². The quantitative estimate of drug-likeness (QED) is 0.191. The highest BCUT2D eigenvalue weighted by molar-refractivity contribution is 9.10. The van der Waals surface area contributed by atoms with E-state index in [1.165, 1.54) is 0 Å². The molecule has 188 valence electrons. The fourth-order valence-corrected chi connectivity index (χ4v) is 4.49. The van der Waals surface area contributed by atoms with Gasteiger partial charge in [0.15, 0.2) is 0 Å². The van der Waals surface area contributed by atoms with Crippen LogP contribution in [0.15, 0.2) is 107 Å². The summed E-state index contributed by atoms with van der Waals surface area (Å²) in [7, 11) is 0. The number of nitrogens with zero attached hydrogens (tertiary/aromatic N) is 1. The summed E-state index contributed by atoms with van der Waals surface area (Å²) in [6.07, 6.45) is 0. The van der Waals surface area contributed by atoms with Gasteiger partial charge < -0.3 is 19.9 Å². The molecular weight excluding hydrogens is 568 g/mol. The monoisotopic (exact) mass is 586 g/mol. The van der Waals surface area contributed by atoms with Crippen LogP contribution in [0, 0.1) is 11.3 Å². The molecule has 0 amide bonds. The number of nitrogens with two attached hydrogens (primary N) is 1. The minimum absolute atomic E-state index is 0.00412. The first-order valence-corrected chi connectivity index (χ1v) is 12.7. The largest absolute Gasteiger partial charge is 0.489 e. The van der Waals surface area contributed by atoms with E-state index in [2.05, 4.69) is 22.0 Å². The van der Waals surface area contributed by atoms with E-state index in [0.717, 1.165) is 21.2 Å². The van der Waals surface area contributed by atoms with Crippen LogP contribution in [-0.2, 0) is 6.61 Å². The summed E-state index contributed by atoms with van der Waals surface area (Å²) >= 11 is 9.29. The zero-order chi connectivity index (χ0) is 26.6. The van der Waals surface area contributed by atoms with E-state index >= 15 is 0 Å². The van der Waals surface area contributed by atoms with Crippen molar-refractivity contribution in [1.29, 1.82) is 5.26 Å². The molecule has 0 radical (unpaired) electrons. The molecule has 1 aliphatic heterocycles. The highest BCUT2D eigenvalue weighted by Crippen LogP contribution is 2.43. The summed E-state index contributed by atoms with van der Waals surface area (Å²) in [4.78, 5) is 12.6. The Kier molecular flexibility index (Phi) is 7.36. The Hall–Kier alpha value is -4.25. The second kappa shape index (κ2) is 11.0. The van der Waals surface area contributed by atoms with Crippen molar-refractivity contribution < 1.29 is 19.0 Å². The molecule has 38 heavy (non-hydrogen) atoms. The molecule has 1 aliphatic rings. The van der Waals surface area contributed by atoms with Crippen LogP contribution < -0.4 is 19.9 Å². The standard InChI is InChI=1S/C30H20BrClN2O4/c31-21-7-3-20(4-8-21)30(35)37-24-13-14-25-27(15-24)38-29(34)26(16-33)28(25)19-5-11-23(12-6-19)36-17-18-1-9-22(32)10-2-18/h1-15,28H,17,34H2. The Bertz CT molecular complexity index is 1560. The second-order valence-electron chi connectivity index (χ2n) is 8.51. The molecule has 0 aromatic heterocycles. The number of carbonyl (C=O) groups is 1. The fraction of sp³-hybridized carbons (Fsp3) is 0.0667. The third kappa shape index (κ3) is 5.52. The van der Waals surface area contributed by atoms with Crippen LogP contribution in [0.1, 0.15) is 33.0 Å².